The molecule has 0 amide bonds. The van der Waals surface area contributed by atoms with Gasteiger partial charge in [0.25, 0.3) is 0 Å². The second kappa shape index (κ2) is 5.73. The molecular formula is C16H13ClN2S. The van der Waals surface area contributed by atoms with Crippen LogP contribution in [0.25, 0.3) is 10.9 Å². The van der Waals surface area contributed by atoms with Gasteiger partial charge in [-0.05, 0) is 35.9 Å². The number of aromatic nitrogens is 1. The summed E-state index contributed by atoms with van der Waals surface area (Å²) in [6.07, 6.45) is 1.81. The minimum Gasteiger partial charge on any atom is -0.398 e. The summed E-state index contributed by atoms with van der Waals surface area (Å²) in [4.78, 5) is 5.27. The number of thioether (sulfide) groups is 1. The number of rotatable bonds is 3. The number of hydrogen-bond donors (Lipinski definition) is 1. The minimum atomic E-state index is 0.706. The molecule has 2 N–H and O–H groups in total. The van der Waals surface area contributed by atoms with Crippen LogP contribution in [-0.4, -0.2) is 4.98 Å². The Bertz CT molecular complexity index is 738. The number of halogens is 1. The average molecular weight is 301 g/mol. The quantitative estimate of drug-likeness (QED) is 0.560. The molecule has 0 saturated heterocycles. The molecular weight excluding hydrogens is 288 g/mol. The van der Waals surface area contributed by atoms with Gasteiger partial charge in [-0.15, -0.1) is 11.8 Å². The topological polar surface area (TPSA) is 38.9 Å². The fraction of sp³-hybridized carbons (Fsp3) is 0.0625. The summed E-state index contributed by atoms with van der Waals surface area (Å²) in [5.41, 5.74) is 8.93. The molecule has 100 valence electrons. The molecule has 0 spiro atoms. The molecule has 1 aromatic heterocycles. The molecule has 0 bridgehead atoms. The predicted molar refractivity (Wildman–Crippen MR) is 87.2 cm³/mol. The molecule has 1 heterocycles. The van der Waals surface area contributed by atoms with Crippen LogP contribution in [0.2, 0.25) is 5.02 Å². The summed E-state index contributed by atoms with van der Waals surface area (Å²) in [5.74, 6) is 0.832. The maximum atomic E-state index is 6.18. The number of nitrogens with two attached hydrogens (primary N) is 1. The number of fused-ring (bicyclic) bond motifs is 1. The van der Waals surface area contributed by atoms with Crippen molar-refractivity contribution in [1.82, 2.24) is 4.98 Å². The van der Waals surface area contributed by atoms with Crippen LogP contribution < -0.4 is 5.73 Å². The minimum absolute atomic E-state index is 0.706. The number of nitrogen functional groups attached to an aromatic ring is 1. The molecule has 0 aliphatic heterocycles. The first-order valence-electron chi connectivity index (χ1n) is 6.24. The summed E-state index contributed by atoms with van der Waals surface area (Å²) in [5, 5.41) is 1.86. The number of pyridine rings is 1. The van der Waals surface area contributed by atoms with Crippen molar-refractivity contribution in [2.75, 3.05) is 5.73 Å². The molecule has 0 unspecified atom stereocenters. The first kappa shape index (κ1) is 13.3. The van der Waals surface area contributed by atoms with Crippen molar-refractivity contribution in [1.29, 1.82) is 0 Å². The smallest absolute Gasteiger partial charge is 0.0702 e. The Morgan fingerprint density at radius 2 is 2.00 bits per heavy atom. The maximum absolute atomic E-state index is 6.18. The summed E-state index contributed by atoms with van der Waals surface area (Å²) >= 11 is 7.84. The van der Waals surface area contributed by atoms with E-state index in [1.54, 1.807) is 18.0 Å². The summed E-state index contributed by atoms with van der Waals surface area (Å²) in [6, 6.07) is 15.9. The molecule has 4 heteroatoms. The van der Waals surface area contributed by atoms with Gasteiger partial charge in [0.15, 0.2) is 0 Å². The zero-order chi connectivity index (χ0) is 13.9. The van der Waals surface area contributed by atoms with Crippen molar-refractivity contribution in [3.05, 3.63) is 65.3 Å². The van der Waals surface area contributed by atoms with Gasteiger partial charge in [0.1, 0.15) is 0 Å². The van der Waals surface area contributed by atoms with Gasteiger partial charge in [0.2, 0.25) is 0 Å². The van der Waals surface area contributed by atoms with Crippen LogP contribution in [0.3, 0.4) is 0 Å². The van der Waals surface area contributed by atoms with E-state index in [9.17, 15) is 0 Å². The van der Waals surface area contributed by atoms with Gasteiger partial charge >= 0.3 is 0 Å². The highest BCUT2D eigenvalue weighted by atomic mass is 35.5. The third kappa shape index (κ3) is 2.74. The van der Waals surface area contributed by atoms with Crippen LogP contribution >= 0.6 is 23.4 Å². The Balaban J connectivity index is 1.83. The molecule has 2 nitrogen and oxygen atoms in total. The molecule has 20 heavy (non-hydrogen) atoms. The Morgan fingerprint density at radius 1 is 1.10 bits per heavy atom. The van der Waals surface area contributed by atoms with Crippen LogP contribution in [0.4, 0.5) is 5.69 Å². The molecule has 0 aliphatic carbocycles. The van der Waals surface area contributed by atoms with E-state index in [4.69, 9.17) is 17.3 Å². The second-order valence-corrected chi connectivity index (χ2v) is 5.87. The molecule has 0 saturated carbocycles. The number of hydrogen-bond acceptors (Lipinski definition) is 3. The Kier molecular flexibility index (Phi) is 3.81. The van der Waals surface area contributed by atoms with Gasteiger partial charge in [-0.1, -0.05) is 29.8 Å². The predicted octanol–water partition coefficient (Wildman–Crippen LogP) is 4.76. The van der Waals surface area contributed by atoms with E-state index in [0.717, 1.165) is 27.2 Å². The summed E-state index contributed by atoms with van der Waals surface area (Å²) in [7, 11) is 0. The fourth-order valence-electron chi connectivity index (χ4n) is 2.05. The van der Waals surface area contributed by atoms with Gasteiger partial charge < -0.3 is 5.73 Å². The van der Waals surface area contributed by atoms with Gasteiger partial charge in [-0.3, -0.25) is 4.98 Å². The van der Waals surface area contributed by atoms with Crippen LogP contribution in [0.15, 0.2) is 59.6 Å². The van der Waals surface area contributed by atoms with E-state index in [2.05, 4.69) is 23.2 Å². The van der Waals surface area contributed by atoms with Crippen molar-refractivity contribution >= 4 is 40.0 Å². The van der Waals surface area contributed by atoms with Crippen molar-refractivity contribution in [2.24, 2.45) is 0 Å². The zero-order valence-corrected chi connectivity index (χ0v) is 12.3. The highest BCUT2D eigenvalue weighted by Gasteiger charge is 2.06. The number of benzene rings is 2. The van der Waals surface area contributed by atoms with E-state index >= 15 is 0 Å². The van der Waals surface area contributed by atoms with Gasteiger partial charge in [0, 0.05) is 27.9 Å². The van der Waals surface area contributed by atoms with E-state index in [0.29, 0.717) is 5.02 Å². The van der Waals surface area contributed by atoms with Crippen LogP contribution in [-0.2, 0) is 5.75 Å². The first-order chi connectivity index (χ1) is 9.74. The Labute approximate surface area is 127 Å². The van der Waals surface area contributed by atoms with Crippen LogP contribution in [0.1, 0.15) is 5.56 Å². The molecule has 0 aliphatic rings. The molecule has 0 radical (unpaired) electrons. The summed E-state index contributed by atoms with van der Waals surface area (Å²) in [6.45, 7) is 0. The number of nitrogens with zero attached hydrogens (tertiary/aromatic N) is 1. The highest BCUT2D eigenvalue weighted by molar-refractivity contribution is 7.98. The van der Waals surface area contributed by atoms with Crippen LogP contribution in [0.5, 0.6) is 0 Å². The molecule has 0 fully saturated rings. The molecule has 0 atom stereocenters. The molecule has 2 aromatic carbocycles. The second-order valence-electron chi connectivity index (χ2n) is 4.48. The zero-order valence-electron chi connectivity index (χ0n) is 10.7. The molecule has 3 aromatic rings. The van der Waals surface area contributed by atoms with E-state index in [1.165, 1.54) is 5.56 Å². The molecule has 3 rings (SSSR count). The lowest BCUT2D eigenvalue weighted by Crippen LogP contribution is -1.90. The highest BCUT2D eigenvalue weighted by Crippen LogP contribution is 2.34. The van der Waals surface area contributed by atoms with Crippen molar-refractivity contribution < 1.29 is 0 Å². The van der Waals surface area contributed by atoms with Crippen molar-refractivity contribution in [3.63, 3.8) is 0 Å². The average Bonchev–Trinajstić information content (AvgIpc) is 2.46. The summed E-state index contributed by atoms with van der Waals surface area (Å²) < 4.78 is 0. The Hall–Kier alpha value is -1.71. The lowest BCUT2D eigenvalue weighted by atomic mass is 10.1. The third-order valence-corrected chi connectivity index (χ3v) is 4.70. The number of anilines is 1. The van der Waals surface area contributed by atoms with E-state index < -0.39 is 0 Å². The lowest BCUT2D eigenvalue weighted by Gasteiger charge is -2.08. The standard InChI is InChI=1S/C16H13ClN2S/c17-13-4-1-5-14(18)16(13)20-10-11-6-7-15-12(9-11)3-2-8-19-15/h1-9H,10,18H2. The van der Waals surface area contributed by atoms with E-state index in [1.807, 2.05) is 30.3 Å². The van der Waals surface area contributed by atoms with Crippen LogP contribution in [0, 0.1) is 0 Å². The third-order valence-electron chi connectivity index (χ3n) is 3.05. The lowest BCUT2D eigenvalue weighted by molar-refractivity contribution is 1.37. The van der Waals surface area contributed by atoms with Crippen molar-refractivity contribution in [3.8, 4) is 0 Å². The normalized spacial score (nSPS) is 10.8. The monoisotopic (exact) mass is 300 g/mol. The Morgan fingerprint density at radius 3 is 2.85 bits per heavy atom. The van der Waals surface area contributed by atoms with Gasteiger partial charge in [-0.25, -0.2) is 0 Å². The first-order valence-corrected chi connectivity index (χ1v) is 7.61. The van der Waals surface area contributed by atoms with Crippen molar-refractivity contribution in [2.45, 2.75) is 10.6 Å². The largest absolute Gasteiger partial charge is 0.398 e. The fourth-order valence-corrected chi connectivity index (χ4v) is 3.32. The van der Waals surface area contributed by atoms with E-state index in [-0.39, 0.29) is 0 Å². The van der Waals surface area contributed by atoms with Gasteiger partial charge in [-0.2, -0.15) is 0 Å². The SMILES string of the molecule is Nc1cccc(Cl)c1SCc1ccc2ncccc2c1. The van der Waals surface area contributed by atoms with Gasteiger partial charge in [0.05, 0.1) is 10.5 Å². The maximum Gasteiger partial charge on any atom is 0.0702 e.